The molecule has 0 saturated heterocycles. The number of hydrogen-bond acceptors (Lipinski definition) is 4. The summed E-state index contributed by atoms with van der Waals surface area (Å²) in [5, 5.41) is 3.27. The molecule has 1 heterocycles. The molecule has 0 aliphatic heterocycles. The van der Waals surface area contributed by atoms with Crippen molar-refractivity contribution in [3.8, 4) is 5.88 Å². The summed E-state index contributed by atoms with van der Waals surface area (Å²) in [6.07, 6.45) is 4.71. The van der Waals surface area contributed by atoms with Gasteiger partial charge in [0.2, 0.25) is 5.88 Å². The lowest BCUT2D eigenvalue weighted by Crippen LogP contribution is -2.07. The van der Waals surface area contributed by atoms with E-state index in [1.807, 2.05) is 6.07 Å². The molecule has 1 atom stereocenters. The summed E-state index contributed by atoms with van der Waals surface area (Å²) >= 11 is 5.76. The van der Waals surface area contributed by atoms with Crippen LogP contribution in [0.4, 0.5) is 5.82 Å². The number of alkyl halides is 1. The van der Waals surface area contributed by atoms with Crippen LogP contribution in [0.15, 0.2) is 12.4 Å². The Labute approximate surface area is 114 Å². The number of anilines is 1. The van der Waals surface area contributed by atoms with E-state index < -0.39 is 0 Å². The third-order valence-electron chi connectivity index (χ3n) is 2.54. The molecule has 18 heavy (non-hydrogen) atoms. The number of nitrogens with one attached hydrogen (secondary N) is 1. The van der Waals surface area contributed by atoms with E-state index in [1.54, 1.807) is 0 Å². The zero-order valence-corrected chi connectivity index (χ0v) is 11.9. The second-order valence-electron chi connectivity index (χ2n) is 4.42. The minimum Gasteiger partial charge on any atom is -0.478 e. The molecule has 0 spiro atoms. The fraction of sp³-hybridized carbons (Fsp3) is 0.692. The van der Waals surface area contributed by atoms with Crippen molar-refractivity contribution in [2.75, 3.05) is 24.3 Å². The molecular formula is C13H22ClN3O. The number of ether oxygens (including phenoxy) is 1. The Hall–Kier alpha value is -1.03. The first-order valence-corrected chi connectivity index (χ1v) is 7.04. The summed E-state index contributed by atoms with van der Waals surface area (Å²) in [4.78, 5) is 8.21. The molecule has 1 aromatic heterocycles. The van der Waals surface area contributed by atoms with Crippen LogP contribution < -0.4 is 10.1 Å². The van der Waals surface area contributed by atoms with Gasteiger partial charge >= 0.3 is 0 Å². The van der Waals surface area contributed by atoms with Crippen LogP contribution in [0.3, 0.4) is 0 Å². The Morgan fingerprint density at radius 1 is 1.44 bits per heavy atom. The van der Waals surface area contributed by atoms with Crippen molar-refractivity contribution in [3.63, 3.8) is 0 Å². The molecule has 1 aromatic rings. The number of nitrogens with zero attached hydrogens (tertiary/aromatic N) is 2. The van der Waals surface area contributed by atoms with Crippen molar-refractivity contribution >= 4 is 17.4 Å². The van der Waals surface area contributed by atoms with E-state index in [2.05, 4.69) is 29.1 Å². The third-order valence-corrected chi connectivity index (χ3v) is 3.07. The molecule has 0 bridgehead atoms. The van der Waals surface area contributed by atoms with E-state index in [1.165, 1.54) is 6.33 Å². The summed E-state index contributed by atoms with van der Waals surface area (Å²) < 4.78 is 5.45. The van der Waals surface area contributed by atoms with Crippen molar-refractivity contribution in [1.29, 1.82) is 0 Å². The quantitative estimate of drug-likeness (QED) is 0.553. The predicted molar refractivity (Wildman–Crippen MR) is 75.4 cm³/mol. The van der Waals surface area contributed by atoms with Gasteiger partial charge in [0.25, 0.3) is 0 Å². The molecule has 1 N–H and O–H groups in total. The summed E-state index contributed by atoms with van der Waals surface area (Å²) in [5.74, 6) is 2.74. The highest BCUT2D eigenvalue weighted by Gasteiger charge is 2.01. The zero-order valence-electron chi connectivity index (χ0n) is 11.2. The van der Waals surface area contributed by atoms with Gasteiger partial charge in [0, 0.05) is 18.5 Å². The van der Waals surface area contributed by atoms with Crippen LogP contribution in [0.2, 0.25) is 0 Å². The van der Waals surface area contributed by atoms with Crippen LogP contribution in [0.25, 0.3) is 0 Å². The standard InChI is InChI=1S/C13H22ClN3O/c1-3-7-18-13-8-12(16-10-17-13)15-6-4-5-11(2)9-14/h8,10-11H,3-7,9H2,1-2H3,(H,15,16,17). The van der Waals surface area contributed by atoms with Crippen LogP contribution in [0, 0.1) is 5.92 Å². The average Bonchev–Trinajstić information content (AvgIpc) is 2.41. The SMILES string of the molecule is CCCOc1cc(NCCCC(C)CCl)ncn1. The highest BCUT2D eigenvalue weighted by atomic mass is 35.5. The molecule has 5 heteroatoms. The van der Waals surface area contributed by atoms with E-state index in [0.717, 1.165) is 37.5 Å². The molecule has 1 unspecified atom stereocenters. The Morgan fingerprint density at radius 3 is 3.00 bits per heavy atom. The van der Waals surface area contributed by atoms with Crippen LogP contribution in [0.5, 0.6) is 5.88 Å². The molecule has 0 aliphatic carbocycles. The van der Waals surface area contributed by atoms with Gasteiger partial charge in [-0.25, -0.2) is 9.97 Å². The van der Waals surface area contributed by atoms with E-state index in [-0.39, 0.29) is 0 Å². The number of rotatable bonds is 9. The van der Waals surface area contributed by atoms with E-state index in [9.17, 15) is 0 Å². The normalized spacial score (nSPS) is 12.2. The lowest BCUT2D eigenvalue weighted by Gasteiger charge is -2.09. The lowest BCUT2D eigenvalue weighted by atomic mass is 10.1. The molecule has 1 rings (SSSR count). The lowest BCUT2D eigenvalue weighted by molar-refractivity contribution is 0.305. The van der Waals surface area contributed by atoms with Crippen molar-refractivity contribution in [2.45, 2.75) is 33.1 Å². The molecule has 102 valence electrons. The fourth-order valence-electron chi connectivity index (χ4n) is 1.47. The van der Waals surface area contributed by atoms with Crippen molar-refractivity contribution in [3.05, 3.63) is 12.4 Å². The maximum atomic E-state index is 5.76. The first-order chi connectivity index (χ1) is 8.76. The van der Waals surface area contributed by atoms with Crippen LogP contribution >= 0.6 is 11.6 Å². The van der Waals surface area contributed by atoms with Gasteiger partial charge in [0.05, 0.1) is 6.61 Å². The Balaban J connectivity index is 2.29. The second-order valence-corrected chi connectivity index (χ2v) is 4.73. The second kappa shape index (κ2) is 8.97. The minimum absolute atomic E-state index is 0.572. The molecule has 4 nitrogen and oxygen atoms in total. The van der Waals surface area contributed by atoms with Gasteiger partial charge in [-0.1, -0.05) is 13.8 Å². The molecule has 0 aromatic carbocycles. The molecule has 0 fully saturated rings. The maximum absolute atomic E-state index is 5.76. The van der Waals surface area contributed by atoms with E-state index >= 15 is 0 Å². The topological polar surface area (TPSA) is 47.0 Å². The van der Waals surface area contributed by atoms with Gasteiger partial charge in [0.15, 0.2) is 0 Å². The summed E-state index contributed by atoms with van der Waals surface area (Å²) in [7, 11) is 0. The summed E-state index contributed by atoms with van der Waals surface area (Å²) in [6, 6.07) is 1.83. The highest BCUT2D eigenvalue weighted by Crippen LogP contribution is 2.12. The smallest absolute Gasteiger partial charge is 0.218 e. The Morgan fingerprint density at radius 2 is 2.28 bits per heavy atom. The van der Waals surface area contributed by atoms with Gasteiger partial charge in [-0.3, -0.25) is 0 Å². The fourth-order valence-corrected chi connectivity index (χ4v) is 1.62. The van der Waals surface area contributed by atoms with Crippen LogP contribution in [-0.2, 0) is 0 Å². The highest BCUT2D eigenvalue weighted by molar-refractivity contribution is 6.18. The summed E-state index contributed by atoms with van der Waals surface area (Å²) in [6.45, 7) is 5.81. The molecular weight excluding hydrogens is 250 g/mol. The largest absolute Gasteiger partial charge is 0.478 e. The van der Waals surface area contributed by atoms with Crippen LogP contribution in [0.1, 0.15) is 33.1 Å². The predicted octanol–water partition coefficient (Wildman–Crippen LogP) is 3.33. The van der Waals surface area contributed by atoms with Gasteiger partial charge in [-0.05, 0) is 25.2 Å². The third kappa shape index (κ3) is 6.05. The first kappa shape index (κ1) is 15.0. The minimum atomic E-state index is 0.572. The number of hydrogen-bond donors (Lipinski definition) is 1. The van der Waals surface area contributed by atoms with E-state index in [0.29, 0.717) is 18.4 Å². The monoisotopic (exact) mass is 271 g/mol. The Bertz CT molecular complexity index is 336. The summed E-state index contributed by atoms with van der Waals surface area (Å²) in [5.41, 5.74) is 0. The van der Waals surface area contributed by atoms with Crippen molar-refractivity contribution in [1.82, 2.24) is 9.97 Å². The Kier molecular flexibility index (Phi) is 7.49. The average molecular weight is 272 g/mol. The van der Waals surface area contributed by atoms with Gasteiger partial charge in [-0.2, -0.15) is 0 Å². The van der Waals surface area contributed by atoms with Crippen LogP contribution in [-0.4, -0.2) is 29.0 Å². The maximum Gasteiger partial charge on any atom is 0.218 e. The van der Waals surface area contributed by atoms with Gasteiger partial charge < -0.3 is 10.1 Å². The van der Waals surface area contributed by atoms with Gasteiger partial charge in [-0.15, -0.1) is 11.6 Å². The first-order valence-electron chi connectivity index (χ1n) is 6.51. The molecule has 0 amide bonds. The zero-order chi connectivity index (χ0) is 13.2. The number of halogens is 1. The van der Waals surface area contributed by atoms with Crippen molar-refractivity contribution in [2.24, 2.45) is 5.92 Å². The molecule has 0 aliphatic rings. The van der Waals surface area contributed by atoms with Crippen molar-refractivity contribution < 1.29 is 4.74 Å². The van der Waals surface area contributed by atoms with Gasteiger partial charge in [0.1, 0.15) is 12.1 Å². The molecule has 0 saturated carbocycles. The molecule has 0 radical (unpaired) electrons. The number of aromatic nitrogens is 2. The van der Waals surface area contributed by atoms with E-state index in [4.69, 9.17) is 16.3 Å².